The number of aliphatic imine (C=N–C) groups is 1. The summed E-state index contributed by atoms with van der Waals surface area (Å²) in [7, 11) is 0. The van der Waals surface area contributed by atoms with E-state index in [1.165, 1.54) is 24.3 Å². The Morgan fingerprint density at radius 2 is 2.00 bits per heavy atom. The third-order valence-corrected chi connectivity index (χ3v) is 1.92. The summed E-state index contributed by atoms with van der Waals surface area (Å²) in [6.45, 7) is 8.53. The van der Waals surface area contributed by atoms with Gasteiger partial charge in [-0.3, -0.25) is 4.99 Å². The Morgan fingerprint density at radius 1 is 1.33 bits per heavy atom. The largest absolute Gasteiger partial charge is 0.263 e. The third-order valence-electron chi connectivity index (χ3n) is 1.92. The van der Waals surface area contributed by atoms with E-state index in [2.05, 4.69) is 38.8 Å². The van der Waals surface area contributed by atoms with Crippen molar-refractivity contribution in [1.82, 2.24) is 0 Å². The number of allylic oxidation sites excluding steroid dienone is 2. The molecule has 0 heterocycles. The molecule has 1 heteroatoms. The molecule has 0 atom stereocenters. The van der Waals surface area contributed by atoms with Crippen LogP contribution in [0.15, 0.2) is 16.8 Å². The first kappa shape index (κ1) is 11.4. The molecule has 1 nitrogen and oxygen atoms in total. The first-order valence-corrected chi connectivity index (χ1v) is 4.93. The van der Waals surface area contributed by atoms with E-state index in [0.29, 0.717) is 0 Å². The zero-order valence-corrected chi connectivity index (χ0v) is 8.85. The van der Waals surface area contributed by atoms with Crippen LogP contribution < -0.4 is 0 Å². The maximum absolute atomic E-state index is 4.53. The molecule has 0 aliphatic rings. The minimum atomic E-state index is 1.04. The second-order valence-electron chi connectivity index (χ2n) is 3.08. The van der Waals surface area contributed by atoms with Crippen molar-refractivity contribution >= 4 is 5.71 Å². The molecule has 0 radical (unpaired) electrons. The van der Waals surface area contributed by atoms with E-state index in [1.807, 2.05) is 0 Å². The van der Waals surface area contributed by atoms with Gasteiger partial charge in [0.2, 0.25) is 0 Å². The standard InChI is InChI=1S/C11H21N/c1-5-8-9-10(4)12-11(6-2)7-3/h6H,5,7-9H2,1-4H3/b11-6-,12-10?. The number of hydrogen-bond donors (Lipinski definition) is 0. The van der Waals surface area contributed by atoms with Crippen molar-refractivity contribution in [3.05, 3.63) is 11.8 Å². The quantitative estimate of drug-likeness (QED) is 0.550. The highest BCUT2D eigenvalue weighted by Gasteiger charge is 1.92. The van der Waals surface area contributed by atoms with Crippen molar-refractivity contribution in [3.63, 3.8) is 0 Å². The van der Waals surface area contributed by atoms with E-state index < -0.39 is 0 Å². The highest BCUT2D eigenvalue weighted by molar-refractivity contribution is 5.82. The third kappa shape index (κ3) is 5.11. The molecule has 0 N–H and O–H groups in total. The van der Waals surface area contributed by atoms with E-state index in [0.717, 1.165) is 12.8 Å². The molecule has 0 aliphatic heterocycles. The van der Waals surface area contributed by atoms with Crippen LogP contribution in [0.1, 0.15) is 53.4 Å². The molecule has 0 aromatic carbocycles. The molecule has 0 rings (SSSR count). The zero-order chi connectivity index (χ0) is 9.40. The average molecular weight is 167 g/mol. The lowest BCUT2D eigenvalue weighted by atomic mass is 10.2. The van der Waals surface area contributed by atoms with Gasteiger partial charge >= 0.3 is 0 Å². The summed E-state index contributed by atoms with van der Waals surface area (Å²) in [6.07, 6.45) is 6.80. The molecule has 0 saturated heterocycles. The van der Waals surface area contributed by atoms with Gasteiger partial charge in [-0.2, -0.15) is 0 Å². The molecule has 12 heavy (non-hydrogen) atoms. The van der Waals surface area contributed by atoms with Crippen molar-refractivity contribution in [3.8, 4) is 0 Å². The number of unbranched alkanes of at least 4 members (excludes halogenated alkanes) is 1. The predicted molar refractivity (Wildman–Crippen MR) is 56.7 cm³/mol. The summed E-state index contributed by atoms with van der Waals surface area (Å²) in [5.41, 5.74) is 2.48. The maximum Gasteiger partial charge on any atom is 0.0357 e. The first-order chi connectivity index (χ1) is 5.74. The molecular weight excluding hydrogens is 146 g/mol. The number of hydrogen-bond acceptors (Lipinski definition) is 1. The Bertz CT molecular complexity index is 166. The molecule has 0 unspecified atom stereocenters. The second-order valence-corrected chi connectivity index (χ2v) is 3.08. The van der Waals surface area contributed by atoms with Gasteiger partial charge in [0.05, 0.1) is 0 Å². The van der Waals surface area contributed by atoms with E-state index in [-0.39, 0.29) is 0 Å². The summed E-state index contributed by atoms with van der Waals surface area (Å²) < 4.78 is 0. The SMILES string of the molecule is C/C=C(/CC)N=C(C)CCCC. The van der Waals surface area contributed by atoms with Crippen LogP contribution in [0.2, 0.25) is 0 Å². The minimum Gasteiger partial charge on any atom is -0.263 e. The minimum absolute atomic E-state index is 1.04. The molecular formula is C11H21N. The number of nitrogens with zero attached hydrogens (tertiary/aromatic N) is 1. The van der Waals surface area contributed by atoms with Gasteiger partial charge in [0.15, 0.2) is 0 Å². The molecule has 70 valence electrons. The zero-order valence-electron chi connectivity index (χ0n) is 8.85. The lowest BCUT2D eigenvalue weighted by Crippen LogP contribution is -1.91. The highest BCUT2D eigenvalue weighted by Crippen LogP contribution is 2.05. The van der Waals surface area contributed by atoms with Gasteiger partial charge in [0.1, 0.15) is 0 Å². The molecule has 0 aromatic heterocycles. The fraction of sp³-hybridized carbons (Fsp3) is 0.727. The van der Waals surface area contributed by atoms with Crippen molar-refractivity contribution < 1.29 is 0 Å². The summed E-state index contributed by atoms with van der Waals surface area (Å²) in [5.74, 6) is 0. The van der Waals surface area contributed by atoms with Crippen molar-refractivity contribution in [2.75, 3.05) is 0 Å². The van der Waals surface area contributed by atoms with E-state index in [9.17, 15) is 0 Å². The molecule has 0 saturated carbocycles. The summed E-state index contributed by atoms with van der Waals surface area (Å²) in [6, 6.07) is 0. The van der Waals surface area contributed by atoms with Gasteiger partial charge in [0, 0.05) is 11.4 Å². The Balaban J connectivity index is 3.96. The van der Waals surface area contributed by atoms with Gasteiger partial charge in [-0.1, -0.05) is 26.3 Å². The average Bonchev–Trinajstić information content (AvgIpc) is 2.10. The van der Waals surface area contributed by atoms with Gasteiger partial charge in [-0.25, -0.2) is 0 Å². The van der Waals surface area contributed by atoms with Crippen molar-refractivity contribution in [2.45, 2.75) is 53.4 Å². The van der Waals surface area contributed by atoms with Crippen LogP contribution in [0.4, 0.5) is 0 Å². The molecule has 0 aromatic rings. The normalized spacial score (nSPS) is 13.7. The van der Waals surface area contributed by atoms with E-state index in [4.69, 9.17) is 0 Å². The molecule has 0 bridgehead atoms. The summed E-state index contributed by atoms with van der Waals surface area (Å²) >= 11 is 0. The van der Waals surface area contributed by atoms with Crippen molar-refractivity contribution in [1.29, 1.82) is 0 Å². The molecule has 0 aliphatic carbocycles. The van der Waals surface area contributed by atoms with Gasteiger partial charge < -0.3 is 0 Å². The second kappa shape index (κ2) is 7.08. The summed E-state index contributed by atoms with van der Waals surface area (Å²) in [4.78, 5) is 4.53. The fourth-order valence-corrected chi connectivity index (χ4v) is 1.08. The Kier molecular flexibility index (Phi) is 6.73. The Labute approximate surface area is 76.6 Å². The van der Waals surface area contributed by atoms with Crippen LogP contribution in [0.25, 0.3) is 0 Å². The van der Waals surface area contributed by atoms with Crippen LogP contribution in [0, 0.1) is 0 Å². The topological polar surface area (TPSA) is 12.4 Å². The van der Waals surface area contributed by atoms with Gasteiger partial charge in [0.25, 0.3) is 0 Å². The van der Waals surface area contributed by atoms with Crippen LogP contribution in [-0.4, -0.2) is 5.71 Å². The van der Waals surface area contributed by atoms with Crippen LogP contribution in [-0.2, 0) is 0 Å². The van der Waals surface area contributed by atoms with Crippen LogP contribution in [0.3, 0.4) is 0 Å². The van der Waals surface area contributed by atoms with Crippen molar-refractivity contribution in [2.24, 2.45) is 4.99 Å². The van der Waals surface area contributed by atoms with Crippen LogP contribution >= 0.6 is 0 Å². The molecule has 0 spiro atoms. The van der Waals surface area contributed by atoms with Gasteiger partial charge in [-0.05, 0) is 33.1 Å². The Morgan fingerprint density at radius 3 is 2.42 bits per heavy atom. The monoisotopic (exact) mass is 167 g/mol. The number of rotatable bonds is 5. The first-order valence-electron chi connectivity index (χ1n) is 4.93. The van der Waals surface area contributed by atoms with Gasteiger partial charge in [-0.15, -0.1) is 0 Å². The summed E-state index contributed by atoms with van der Waals surface area (Å²) in [5, 5.41) is 0. The lowest BCUT2D eigenvalue weighted by molar-refractivity contribution is 0.831. The maximum atomic E-state index is 4.53. The smallest absolute Gasteiger partial charge is 0.0357 e. The molecule has 0 amide bonds. The highest BCUT2D eigenvalue weighted by atomic mass is 14.7. The molecule has 0 fully saturated rings. The predicted octanol–water partition coefficient (Wildman–Crippen LogP) is 3.95. The Hall–Kier alpha value is -0.590. The lowest BCUT2D eigenvalue weighted by Gasteiger charge is -2.00. The van der Waals surface area contributed by atoms with E-state index in [1.54, 1.807) is 0 Å². The fourth-order valence-electron chi connectivity index (χ4n) is 1.08. The van der Waals surface area contributed by atoms with Crippen LogP contribution in [0.5, 0.6) is 0 Å². The van der Waals surface area contributed by atoms with E-state index >= 15 is 0 Å².